The summed E-state index contributed by atoms with van der Waals surface area (Å²) in [5, 5.41) is 21.6. The van der Waals surface area contributed by atoms with Gasteiger partial charge < -0.3 is 9.47 Å². The topological polar surface area (TPSA) is 85.9 Å². The van der Waals surface area contributed by atoms with E-state index in [2.05, 4.69) is 21.6 Å². The number of benzene rings is 1. The van der Waals surface area contributed by atoms with E-state index in [9.17, 15) is 0 Å². The lowest BCUT2D eigenvalue weighted by Crippen LogP contribution is -2.21. The van der Waals surface area contributed by atoms with Gasteiger partial charge in [-0.2, -0.15) is 5.26 Å². The Hall–Kier alpha value is -2.11. The summed E-state index contributed by atoms with van der Waals surface area (Å²) in [6.07, 6.45) is 1.89. The van der Waals surface area contributed by atoms with Crippen molar-refractivity contribution >= 4 is 11.8 Å². The fourth-order valence-electron chi connectivity index (χ4n) is 2.36. The summed E-state index contributed by atoms with van der Waals surface area (Å²) >= 11 is 1.58. The molecule has 0 bridgehead atoms. The van der Waals surface area contributed by atoms with Crippen LogP contribution >= 0.6 is 11.8 Å². The summed E-state index contributed by atoms with van der Waals surface area (Å²) < 4.78 is 12.9. The highest BCUT2D eigenvalue weighted by molar-refractivity contribution is 7.99. The Bertz CT molecular complexity index is 661. The van der Waals surface area contributed by atoms with Gasteiger partial charge >= 0.3 is 0 Å². The molecule has 1 fully saturated rings. The van der Waals surface area contributed by atoms with E-state index in [1.165, 1.54) is 0 Å². The Kier molecular flexibility index (Phi) is 5.45. The van der Waals surface area contributed by atoms with Gasteiger partial charge in [0.15, 0.2) is 0 Å². The van der Waals surface area contributed by atoms with Crippen molar-refractivity contribution < 1.29 is 9.47 Å². The van der Waals surface area contributed by atoms with Gasteiger partial charge in [-0.3, -0.25) is 0 Å². The fraction of sp³-hybridized carbons (Fsp3) is 0.467. The van der Waals surface area contributed by atoms with Gasteiger partial charge in [0.05, 0.1) is 24.3 Å². The number of nitriles is 1. The molecule has 2 aromatic rings. The zero-order valence-corrected chi connectivity index (χ0v) is 13.4. The molecule has 0 aliphatic carbocycles. The van der Waals surface area contributed by atoms with E-state index in [-0.39, 0.29) is 0 Å². The molecule has 1 aromatic heterocycles. The van der Waals surface area contributed by atoms with Crippen molar-refractivity contribution in [1.29, 1.82) is 5.26 Å². The van der Waals surface area contributed by atoms with E-state index in [1.807, 2.05) is 4.68 Å². The maximum atomic E-state index is 8.76. The summed E-state index contributed by atoms with van der Waals surface area (Å²) in [6, 6.07) is 9.49. The first-order valence-corrected chi connectivity index (χ1v) is 8.47. The number of tetrazole rings is 1. The second-order valence-electron chi connectivity index (χ2n) is 5.08. The second kappa shape index (κ2) is 7.94. The van der Waals surface area contributed by atoms with Crippen molar-refractivity contribution in [3.8, 4) is 11.8 Å². The van der Waals surface area contributed by atoms with Crippen LogP contribution in [0.25, 0.3) is 0 Å². The number of hydrogen-bond acceptors (Lipinski definition) is 7. The van der Waals surface area contributed by atoms with Crippen LogP contribution in [0.4, 0.5) is 0 Å². The van der Waals surface area contributed by atoms with E-state index in [4.69, 9.17) is 14.7 Å². The molecule has 1 aliphatic heterocycles. The Morgan fingerprint density at radius 2 is 2.09 bits per heavy atom. The average Bonchev–Trinajstić information content (AvgIpc) is 3.08. The standard InChI is InChI=1S/C15H17N5O2S/c16-11-12-1-3-14(4-2-12)22-9-10-23-15-17-18-19-20(15)13-5-7-21-8-6-13/h1-4,13H,5-10H2. The van der Waals surface area contributed by atoms with Gasteiger partial charge in [0.25, 0.3) is 0 Å². The third-order valence-corrected chi connectivity index (χ3v) is 4.46. The van der Waals surface area contributed by atoms with Gasteiger partial charge in [-0.15, -0.1) is 5.10 Å². The van der Waals surface area contributed by atoms with Gasteiger partial charge in [-0.05, 0) is 47.5 Å². The van der Waals surface area contributed by atoms with Crippen LogP contribution < -0.4 is 4.74 Å². The Morgan fingerprint density at radius 1 is 1.30 bits per heavy atom. The zero-order chi connectivity index (χ0) is 15.9. The molecule has 0 saturated carbocycles. The lowest BCUT2D eigenvalue weighted by molar-refractivity contribution is 0.0631. The normalized spacial score (nSPS) is 15.3. The van der Waals surface area contributed by atoms with E-state index in [1.54, 1.807) is 36.0 Å². The van der Waals surface area contributed by atoms with Gasteiger partial charge in [-0.1, -0.05) is 11.8 Å². The maximum absolute atomic E-state index is 8.76. The fourth-order valence-corrected chi connectivity index (χ4v) is 3.12. The van der Waals surface area contributed by atoms with Crippen LogP contribution in [-0.4, -0.2) is 45.8 Å². The minimum Gasteiger partial charge on any atom is -0.493 e. The number of ether oxygens (including phenoxy) is 2. The average molecular weight is 331 g/mol. The van der Waals surface area contributed by atoms with E-state index >= 15 is 0 Å². The highest BCUT2D eigenvalue weighted by atomic mass is 32.2. The SMILES string of the molecule is N#Cc1ccc(OCCSc2nnnn2C2CCOCC2)cc1. The molecule has 7 nitrogen and oxygen atoms in total. The smallest absolute Gasteiger partial charge is 0.209 e. The molecular weight excluding hydrogens is 314 g/mol. The van der Waals surface area contributed by atoms with Gasteiger partial charge in [-0.25, -0.2) is 4.68 Å². The monoisotopic (exact) mass is 331 g/mol. The predicted octanol–water partition coefficient (Wildman–Crippen LogP) is 2.07. The summed E-state index contributed by atoms with van der Waals surface area (Å²) in [5.74, 6) is 1.51. The molecule has 8 heteroatoms. The summed E-state index contributed by atoms with van der Waals surface area (Å²) in [6.45, 7) is 2.07. The minimum atomic E-state index is 0.320. The number of thioether (sulfide) groups is 1. The molecule has 0 atom stereocenters. The molecule has 1 aromatic carbocycles. The first-order chi connectivity index (χ1) is 11.4. The summed E-state index contributed by atoms with van der Waals surface area (Å²) in [5.41, 5.74) is 0.627. The molecule has 120 valence electrons. The van der Waals surface area contributed by atoms with E-state index in [0.29, 0.717) is 18.2 Å². The highest BCUT2D eigenvalue weighted by Gasteiger charge is 2.20. The van der Waals surface area contributed by atoms with Crippen LogP contribution in [0.3, 0.4) is 0 Å². The molecule has 0 radical (unpaired) electrons. The molecular formula is C15H17N5O2S. The Labute approximate surface area is 138 Å². The zero-order valence-electron chi connectivity index (χ0n) is 12.6. The van der Waals surface area contributed by atoms with Crippen molar-refractivity contribution in [3.05, 3.63) is 29.8 Å². The molecule has 0 unspecified atom stereocenters. The Morgan fingerprint density at radius 3 is 2.83 bits per heavy atom. The first kappa shape index (κ1) is 15.8. The summed E-state index contributed by atoms with van der Waals surface area (Å²) in [7, 11) is 0. The number of aromatic nitrogens is 4. The number of nitrogens with zero attached hydrogens (tertiary/aromatic N) is 5. The third kappa shape index (κ3) is 4.21. The van der Waals surface area contributed by atoms with Crippen molar-refractivity contribution in [2.75, 3.05) is 25.6 Å². The van der Waals surface area contributed by atoms with Crippen LogP contribution in [0.1, 0.15) is 24.4 Å². The van der Waals surface area contributed by atoms with E-state index in [0.717, 1.165) is 42.7 Å². The predicted molar refractivity (Wildman–Crippen MR) is 84.3 cm³/mol. The first-order valence-electron chi connectivity index (χ1n) is 7.48. The molecule has 0 amide bonds. The lowest BCUT2D eigenvalue weighted by atomic mass is 10.1. The van der Waals surface area contributed by atoms with Crippen LogP contribution in [0.5, 0.6) is 5.75 Å². The van der Waals surface area contributed by atoms with Crippen molar-refractivity contribution in [2.24, 2.45) is 0 Å². The van der Waals surface area contributed by atoms with Gasteiger partial charge in [0.1, 0.15) is 5.75 Å². The Balaban J connectivity index is 1.47. The molecule has 0 N–H and O–H groups in total. The molecule has 3 rings (SSSR count). The van der Waals surface area contributed by atoms with Crippen molar-refractivity contribution in [1.82, 2.24) is 20.2 Å². The van der Waals surface area contributed by atoms with Crippen LogP contribution in [-0.2, 0) is 4.74 Å². The highest BCUT2D eigenvalue weighted by Crippen LogP contribution is 2.24. The molecule has 1 aliphatic rings. The van der Waals surface area contributed by atoms with E-state index < -0.39 is 0 Å². The third-order valence-electron chi connectivity index (χ3n) is 3.57. The largest absolute Gasteiger partial charge is 0.493 e. The van der Waals surface area contributed by atoms with Crippen molar-refractivity contribution in [3.63, 3.8) is 0 Å². The summed E-state index contributed by atoms with van der Waals surface area (Å²) in [4.78, 5) is 0. The molecule has 0 spiro atoms. The van der Waals surface area contributed by atoms with Gasteiger partial charge in [0, 0.05) is 19.0 Å². The molecule has 1 saturated heterocycles. The quantitative estimate of drug-likeness (QED) is 0.591. The van der Waals surface area contributed by atoms with Crippen LogP contribution in [0, 0.1) is 11.3 Å². The van der Waals surface area contributed by atoms with Crippen molar-refractivity contribution in [2.45, 2.75) is 24.0 Å². The number of rotatable bonds is 6. The maximum Gasteiger partial charge on any atom is 0.209 e. The van der Waals surface area contributed by atoms with Gasteiger partial charge in [0.2, 0.25) is 5.16 Å². The van der Waals surface area contributed by atoms with Crippen LogP contribution in [0.15, 0.2) is 29.4 Å². The second-order valence-corrected chi connectivity index (χ2v) is 6.14. The molecule has 2 heterocycles. The minimum absolute atomic E-state index is 0.320. The lowest BCUT2D eigenvalue weighted by Gasteiger charge is -2.22. The van der Waals surface area contributed by atoms with Crippen LogP contribution in [0.2, 0.25) is 0 Å². The molecule has 23 heavy (non-hydrogen) atoms. The number of hydrogen-bond donors (Lipinski definition) is 0.